The summed E-state index contributed by atoms with van der Waals surface area (Å²) in [5.74, 6) is 1.60. The van der Waals surface area contributed by atoms with E-state index in [1.165, 1.54) is 5.56 Å². The number of hydrogen-bond acceptors (Lipinski definition) is 5. The van der Waals surface area contributed by atoms with Crippen LogP contribution in [-0.4, -0.2) is 41.2 Å². The number of para-hydroxylation sites is 1. The lowest BCUT2D eigenvalue weighted by molar-refractivity contribution is 0.0774. The summed E-state index contributed by atoms with van der Waals surface area (Å²) in [5.41, 5.74) is 3.39. The minimum absolute atomic E-state index is 0.0749. The molecule has 1 aromatic heterocycles. The van der Waals surface area contributed by atoms with Crippen LogP contribution in [-0.2, 0) is 0 Å². The van der Waals surface area contributed by atoms with Gasteiger partial charge in [0.1, 0.15) is 12.4 Å². The van der Waals surface area contributed by atoms with Crippen molar-refractivity contribution in [2.75, 3.05) is 20.2 Å². The van der Waals surface area contributed by atoms with E-state index in [0.717, 1.165) is 16.9 Å². The number of carbonyl (C=O) groups is 1. The van der Waals surface area contributed by atoms with Crippen LogP contribution in [0.25, 0.3) is 22.9 Å². The highest BCUT2D eigenvalue weighted by Gasteiger charge is 2.14. The molecular weight excluding hydrogens is 390 g/mol. The van der Waals surface area contributed by atoms with E-state index < -0.39 is 0 Å². The van der Waals surface area contributed by atoms with Crippen molar-refractivity contribution in [2.24, 2.45) is 0 Å². The van der Waals surface area contributed by atoms with Crippen LogP contribution in [0.3, 0.4) is 0 Å². The van der Waals surface area contributed by atoms with Gasteiger partial charge in [-0.25, -0.2) is 0 Å². The highest BCUT2D eigenvalue weighted by molar-refractivity contribution is 5.94. The molecule has 0 saturated carbocycles. The molecule has 0 aliphatic rings. The van der Waals surface area contributed by atoms with Gasteiger partial charge < -0.3 is 14.1 Å². The summed E-state index contributed by atoms with van der Waals surface area (Å²) in [6.07, 6.45) is 0. The number of likely N-dealkylation sites (N-methyl/N-ethyl adjacent to an activating group) is 1. The number of nitrogens with zero attached hydrogens (tertiary/aromatic N) is 3. The first-order valence-corrected chi connectivity index (χ1v) is 10.0. The summed E-state index contributed by atoms with van der Waals surface area (Å²) >= 11 is 0. The Morgan fingerprint density at radius 1 is 0.871 bits per heavy atom. The van der Waals surface area contributed by atoms with Crippen molar-refractivity contribution in [1.82, 2.24) is 15.1 Å². The summed E-state index contributed by atoms with van der Waals surface area (Å²) in [4.78, 5) is 14.3. The molecule has 0 unspecified atom stereocenters. The molecule has 0 spiro atoms. The number of carbonyl (C=O) groups excluding carboxylic acids is 1. The molecule has 31 heavy (non-hydrogen) atoms. The Morgan fingerprint density at radius 2 is 1.45 bits per heavy atom. The van der Waals surface area contributed by atoms with Gasteiger partial charge in [0, 0.05) is 23.7 Å². The normalized spacial score (nSPS) is 10.6. The van der Waals surface area contributed by atoms with E-state index in [4.69, 9.17) is 9.15 Å². The average molecular weight is 413 g/mol. The number of benzene rings is 3. The van der Waals surface area contributed by atoms with E-state index in [9.17, 15) is 4.79 Å². The molecule has 0 bridgehead atoms. The molecule has 156 valence electrons. The van der Waals surface area contributed by atoms with Crippen LogP contribution >= 0.6 is 0 Å². The van der Waals surface area contributed by atoms with E-state index in [-0.39, 0.29) is 5.91 Å². The second-order valence-electron chi connectivity index (χ2n) is 7.24. The predicted octanol–water partition coefficient (Wildman–Crippen LogP) is 4.86. The van der Waals surface area contributed by atoms with Crippen molar-refractivity contribution in [2.45, 2.75) is 6.92 Å². The second-order valence-corrected chi connectivity index (χ2v) is 7.24. The van der Waals surface area contributed by atoms with Gasteiger partial charge in [0.15, 0.2) is 0 Å². The topological polar surface area (TPSA) is 68.5 Å². The lowest BCUT2D eigenvalue weighted by Gasteiger charge is -2.17. The molecule has 0 N–H and O–H groups in total. The van der Waals surface area contributed by atoms with Gasteiger partial charge in [0.25, 0.3) is 5.91 Å². The zero-order chi connectivity index (χ0) is 21.6. The predicted molar refractivity (Wildman–Crippen MR) is 119 cm³/mol. The maximum absolute atomic E-state index is 12.7. The molecule has 6 heteroatoms. The van der Waals surface area contributed by atoms with Gasteiger partial charge in [0.2, 0.25) is 11.8 Å². The van der Waals surface area contributed by atoms with Crippen molar-refractivity contribution in [1.29, 1.82) is 0 Å². The monoisotopic (exact) mass is 413 g/mol. The van der Waals surface area contributed by atoms with Gasteiger partial charge in [0.05, 0.1) is 6.54 Å². The Morgan fingerprint density at radius 3 is 2.06 bits per heavy atom. The third kappa shape index (κ3) is 4.98. The number of amides is 1. The van der Waals surface area contributed by atoms with Crippen molar-refractivity contribution >= 4 is 5.91 Å². The molecule has 0 radical (unpaired) electrons. The van der Waals surface area contributed by atoms with Crippen LogP contribution in [0.1, 0.15) is 15.9 Å². The standard InChI is InChI=1S/C25H23N3O3/c1-18-8-10-19(11-9-18)23-26-27-24(31-23)20-12-14-21(15-13-20)25(29)28(2)16-17-30-22-6-4-3-5-7-22/h3-15H,16-17H2,1-2H3. The molecule has 0 atom stereocenters. The minimum Gasteiger partial charge on any atom is -0.492 e. The first kappa shape index (κ1) is 20.3. The number of aryl methyl sites for hydroxylation is 1. The number of aromatic nitrogens is 2. The van der Waals surface area contributed by atoms with E-state index in [1.807, 2.05) is 73.7 Å². The lowest BCUT2D eigenvalue weighted by atomic mass is 10.1. The first-order valence-electron chi connectivity index (χ1n) is 10.0. The second kappa shape index (κ2) is 9.26. The summed E-state index contributed by atoms with van der Waals surface area (Å²) in [6, 6.07) is 24.6. The number of hydrogen-bond donors (Lipinski definition) is 0. The van der Waals surface area contributed by atoms with Crippen LogP contribution in [0.5, 0.6) is 5.75 Å². The quantitative estimate of drug-likeness (QED) is 0.433. The molecule has 1 heterocycles. The van der Waals surface area contributed by atoms with E-state index in [2.05, 4.69) is 10.2 Å². The Kier molecular flexibility index (Phi) is 6.08. The van der Waals surface area contributed by atoms with Crippen molar-refractivity contribution in [3.05, 3.63) is 90.0 Å². The van der Waals surface area contributed by atoms with Crippen molar-refractivity contribution < 1.29 is 13.9 Å². The van der Waals surface area contributed by atoms with Crippen LogP contribution in [0.15, 0.2) is 83.3 Å². The van der Waals surface area contributed by atoms with Gasteiger partial charge in [-0.3, -0.25) is 4.79 Å². The molecule has 1 amide bonds. The largest absolute Gasteiger partial charge is 0.492 e. The van der Waals surface area contributed by atoms with E-state index in [1.54, 1.807) is 24.1 Å². The number of ether oxygens (including phenoxy) is 1. The Bertz CT molecular complexity index is 1140. The molecule has 3 aromatic carbocycles. The van der Waals surface area contributed by atoms with Crippen LogP contribution in [0.2, 0.25) is 0 Å². The minimum atomic E-state index is -0.0749. The molecule has 0 saturated heterocycles. The highest BCUT2D eigenvalue weighted by Crippen LogP contribution is 2.24. The molecule has 0 aliphatic heterocycles. The van der Waals surface area contributed by atoms with Gasteiger partial charge in [-0.05, 0) is 55.5 Å². The molecule has 4 rings (SSSR count). The van der Waals surface area contributed by atoms with Crippen molar-refractivity contribution in [3.8, 4) is 28.7 Å². The zero-order valence-electron chi connectivity index (χ0n) is 17.5. The van der Waals surface area contributed by atoms with Gasteiger partial charge >= 0.3 is 0 Å². The summed E-state index contributed by atoms with van der Waals surface area (Å²) < 4.78 is 11.5. The summed E-state index contributed by atoms with van der Waals surface area (Å²) in [5, 5.41) is 8.27. The summed E-state index contributed by atoms with van der Waals surface area (Å²) in [7, 11) is 1.76. The Labute approximate surface area is 181 Å². The molecule has 4 aromatic rings. The SMILES string of the molecule is Cc1ccc(-c2nnc(-c3ccc(C(=O)N(C)CCOc4ccccc4)cc3)o2)cc1. The molecule has 0 fully saturated rings. The fraction of sp³-hybridized carbons (Fsp3) is 0.160. The maximum atomic E-state index is 12.7. The van der Waals surface area contributed by atoms with Crippen molar-refractivity contribution in [3.63, 3.8) is 0 Å². The molecule has 6 nitrogen and oxygen atoms in total. The van der Waals surface area contributed by atoms with Gasteiger partial charge in [-0.1, -0.05) is 35.9 Å². The molecular formula is C25H23N3O3. The van der Waals surface area contributed by atoms with Gasteiger partial charge in [-0.15, -0.1) is 10.2 Å². The maximum Gasteiger partial charge on any atom is 0.253 e. The lowest BCUT2D eigenvalue weighted by Crippen LogP contribution is -2.30. The fourth-order valence-electron chi connectivity index (χ4n) is 3.05. The van der Waals surface area contributed by atoms with Crippen LogP contribution in [0.4, 0.5) is 0 Å². The molecule has 0 aliphatic carbocycles. The number of rotatable bonds is 7. The third-order valence-electron chi connectivity index (χ3n) is 4.89. The van der Waals surface area contributed by atoms with E-state index in [0.29, 0.717) is 30.5 Å². The smallest absolute Gasteiger partial charge is 0.253 e. The van der Waals surface area contributed by atoms with Crippen LogP contribution < -0.4 is 4.74 Å². The third-order valence-corrected chi connectivity index (χ3v) is 4.89. The van der Waals surface area contributed by atoms with E-state index >= 15 is 0 Å². The fourth-order valence-corrected chi connectivity index (χ4v) is 3.05. The Balaban J connectivity index is 1.37. The Hall–Kier alpha value is -3.93. The first-order chi connectivity index (χ1) is 15.1. The van der Waals surface area contributed by atoms with Crippen LogP contribution in [0, 0.1) is 6.92 Å². The zero-order valence-corrected chi connectivity index (χ0v) is 17.5. The highest BCUT2D eigenvalue weighted by atomic mass is 16.5. The van der Waals surface area contributed by atoms with Gasteiger partial charge in [-0.2, -0.15) is 0 Å². The summed E-state index contributed by atoms with van der Waals surface area (Å²) in [6.45, 7) is 2.94. The average Bonchev–Trinajstić information content (AvgIpc) is 3.30.